The molecule has 35 heteroatoms. The minimum Gasteiger partial charge on any atom is -0.494 e. The van der Waals surface area contributed by atoms with E-state index in [2.05, 4.69) is 18.0 Å². The van der Waals surface area contributed by atoms with Crippen molar-refractivity contribution in [2.45, 2.75) is 184 Å². The van der Waals surface area contributed by atoms with E-state index >= 15 is 0 Å². The number of unbranched alkanes of at least 4 members (excludes halogenated alkanes) is 2. The van der Waals surface area contributed by atoms with Crippen LogP contribution in [-0.2, 0) is 69.0 Å². The van der Waals surface area contributed by atoms with Gasteiger partial charge in [-0.15, -0.1) is 0 Å². The first-order valence-electron chi connectivity index (χ1n) is 37.7. The summed E-state index contributed by atoms with van der Waals surface area (Å²) < 4.78 is 82.5. The van der Waals surface area contributed by atoms with Gasteiger partial charge in [-0.25, -0.2) is 15.6 Å². The Hall–Kier alpha value is -9.01. The Morgan fingerprint density at radius 1 is 0.583 bits per heavy atom. The molecule has 0 saturated carbocycles. The SMILES string of the molecule is C=C1C[C@H]2C(O)C(C(=O)OCc3ccc(O[C@@H]4O[C@H](C)[C@@H](O)[C@H](O)[C@H]4O)c(C(=O)CCCOCCON)c3)c3cc(OCc4cc(COc5cc6c(cc5OC)C(=O)N5CC(=C)C[C@H]5C(O)N6C(=O)OCc5ccc(O[C@@H]6OC[C@@H](O)[C@H](O)[C@H]6O)c(C(=O)CCCOC)c5)cc(OCCCCCP(=O)(O)O)c4)c(C)cc3C(=O)N2C1. The van der Waals surface area contributed by atoms with Crippen molar-refractivity contribution in [3.8, 4) is 34.5 Å². The molecule has 6 heterocycles. The Kier molecular flexibility index (Phi) is 29.3. The van der Waals surface area contributed by atoms with Crippen molar-refractivity contribution in [1.29, 1.82) is 0 Å². The van der Waals surface area contributed by atoms with Crippen LogP contribution in [0.5, 0.6) is 34.5 Å². The van der Waals surface area contributed by atoms with Crippen molar-refractivity contribution in [2.75, 3.05) is 78.0 Å². The smallest absolute Gasteiger partial charge is 0.416 e. The number of amides is 3. The average Bonchev–Trinajstić information content (AvgIpc) is 1.62. The summed E-state index contributed by atoms with van der Waals surface area (Å²) in [5.41, 5.74) is 3.10. The molecule has 115 heavy (non-hydrogen) atoms. The van der Waals surface area contributed by atoms with Crippen LogP contribution in [-0.4, -0.2) is 249 Å². The lowest BCUT2D eigenvalue weighted by Gasteiger charge is -2.39. The summed E-state index contributed by atoms with van der Waals surface area (Å²) >= 11 is 0. The number of methoxy groups -OCH3 is 2. The molecule has 624 valence electrons. The largest absolute Gasteiger partial charge is 0.494 e. The lowest BCUT2D eigenvalue weighted by atomic mass is 9.86. The van der Waals surface area contributed by atoms with E-state index in [-0.39, 0.29) is 184 Å². The van der Waals surface area contributed by atoms with E-state index in [1.165, 1.54) is 85.5 Å². The first-order chi connectivity index (χ1) is 54.9. The summed E-state index contributed by atoms with van der Waals surface area (Å²) in [6.45, 7) is 10.4. The number of benzene rings is 5. The van der Waals surface area contributed by atoms with Crippen molar-refractivity contribution in [2.24, 2.45) is 5.90 Å². The highest BCUT2D eigenvalue weighted by Gasteiger charge is 2.50. The highest BCUT2D eigenvalue weighted by atomic mass is 31.2. The number of carbonyl (C=O) groups is 6. The lowest BCUT2D eigenvalue weighted by molar-refractivity contribution is -0.268. The molecule has 12 N–H and O–H groups in total. The maximum atomic E-state index is 14.9. The maximum absolute atomic E-state index is 14.9. The first kappa shape index (κ1) is 86.8. The zero-order chi connectivity index (χ0) is 82.7. The van der Waals surface area contributed by atoms with Gasteiger partial charge in [0.05, 0.1) is 80.2 Å². The predicted octanol–water partition coefficient (Wildman–Crippen LogP) is 4.61. The monoisotopic (exact) mass is 1630 g/mol. The van der Waals surface area contributed by atoms with E-state index in [1.54, 1.807) is 31.2 Å². The van der Waals surface area contributed by atoms with Gasteiger partial charge in [0.25, 0.3) is 11.8 Å². The fourth-order valence-electron chi connectivity index (χ4n) is 14.6. The average molecular weight is 1630 g/mol. The van der Waals surface area contributed by atoms with Crippen LogP contribution >= 0.6 is 7.60 Å². The number of nitrogens with two attached hydrogens (primary N) is 1. The number of nitrogens with zero attached hydrogens (tertiary/aromatic N) is 3. The van der Waals surface area contributed by atoms with Crippen LogP contribution in [0.3, 0.4) is 0 Å². The number of fused-ring (bicyclic) bond motifs is 4. The zero-order valence-corrected chi connectivity index (χ0v) is 65.0. The molecule has 34 nitrogen and oxygen atoms in total. The highest BCUT2D eigenvalue weighted by molar-refractivity contribution is 7.51. The Morgan fingerprint density at radius 2 is 1.19 bits per heavy atom. The number of anilines is 1. The number of aliphatic hydroxyl groups excluding tert-OH is 8. The lowest BCUT2D eigenvalue weighted by Crippen LogP contribution is -2.58. The number of aryl methyl sites for hydroxylation is 1. The van der Waals surface area contributed by atoms with Gasteiger partial charge in [0.1, 0.15) is 92.0 Å². The summed E-state index contributed by atoms with van der Waals surface area (Å²) in [7, 11) is -1.44. The van der Waals surface area contributed by atoms with Gasteiger partial charge >= 0.3 is 19.7 Å². The molecule has 0 aromatic heterocycles. The highest BCUT2D eigenvalue weighted by Crippen LogP contribution is 2.45. The van der Waals surface area contributed by atoms with Crippen molar-refractivity contribution in [3.63, 3.8) is 0 Å². The van der Waals surface area contributed by atoms with Crippen LogP contribution < -0.4 is 39.2 Å². The molecule has 14 atom stereocenters. The molecule has 0 aliphatic carbocycles. The zero-order valence-electron chi connectivity index (χ0n) is 64.1. The number of Topliss-reactive ketones (excluding diaryl/α,β-unsaturated/α-hetero) is 2. The second kappa shape index (κ2) is 38.8. The van der Waals surface area contributed by atoms with Crippen LogP contribution in [0.2, 0.25) is 0 Å². The number of ether oxygens (including phenoxy) is 12. The normalized spacial score (nSPS) is 24.6. The predicted molar refractivity (Wildman–Crippen MR) is 404 cm³/mol. The molecular weight excluding hydrogens is 1530 g/mol. The number of ketones is 2. The van der Waals surface area contributed by atoms with Crippen molar-refractivity contribution >= 4 is 48.7 Å². The number of esters is 1. The van der Waals surface area contributed by atoms with Gasteiger partial charge in [-0.3, -0.25) is 28.5 Å². The molecule has 5 aromatic rings. The molecule has 4 fully saturated rings. The molecule has 6 aliphatic rings. The second-order valence-corrected chi connectivity index (χ2v) is 31.0. The van der Waals surface area contributed by atoms with Crippen LogP contribution in [0.15, 0.2) is 103 Å². The van der Waals surface area contributed by atoms with Crippen molar-refractivity contribution in [1.82, 2.24) is 9.80 Å². The summed E-state index contributed by atoms with van der Waals surface area (Å²) in [4.78, 5) is 114. The first-order valence-corrected chi connectivity index (χ1v) is 39.5. The van der Waals surface area contributed by atoms with Gasteiger partial charge in [-0.1, -0.05) is 36.4 Å². The van der Waals surface area contributed by atoms with E-state index in [9.17, 15) is 84.0 Å². The topological polar surface area (TPSA) is 478 Å². The van der Waals surface area contributed by atoms with Crippen LogP contribution in [0.25, 0.3) is 0 Å². The summed E-state index contributed by atoms with van der Waals surface area (Å²) in [6, 6.07) is 17.5. The molecule has 0 bridgehead atoms. The third-order valence-electron chi connectivity index (χ3n) is 20.7. The van der Waals surface area contributed by atoms with Crippen LogP contribution in [0, 0.1) is 6.92 Å². The standard InChI is InChI=1S/C80H99N4O30P/c1-42-24-57-69(89)67(77(97)108-37-46-14-17-63(114-79-73(93)71(91)68(88)45(4)112-79)55(30-46)60(86)13-11-19-104-21-22-111-81)51-32-64(44(3)26-52(51)74(94)82(57)35-42)106-39-48-27-49(29-50(28-48)105-20-8-7-9-23-115(99,100)101)40-107-66-34-56-53(33-65(66)103-6)75(95)83-36-43(2)25-58(83)76(96)84(56)80(98)110-38-47-15-16-62(54(31-47)59(85)12-10-18-102-5)113-78-72(92)70(90)61(87)41-109-78/h14-17,26-34,45,57-58,61,67-73,76,78-79,87-93,96H,1-2,7-13,18-25,35-41,81H2,3-6H3,(H2,99,100,101)/t45-,57+,58+,61-,67?,68-,69?,70+,71+,72-,73-,76?,78+,79+/m1/s1. The molecule has 11 rings (SSSR count). The van der Waals surface area contributed by atoms with Gasteiger partial charge in [0.15, 0.2) is 29.3 Å². The Bertz CT molecular complexity index is 4420. The summed E-state index contributed by atoms with van der Waals surface area (Å²) in [5.74, 6) is 1.09. The van der Waals surface area contributed by atoms with Crippen molar-refractivity contribution < 1.29 is 146 Å². The fourth-order valence-corrected chi connectivity index (χ4v) is 15.3. The quantitative estimate of drug-likeness (QED) is 0.00651. The van der Waals surface area contributed by atoms with Crippen LogP contribution in [0.4, 0.5) is 10.5 Å². The molecule has 5 aromatic carbocycles. The van der Waals surface area contributed by atoms with E-state index in [0.717, 1.165) is 4.90 Å². The molecule has 3 unspecified atom stereocenters. The van der Waals surface area contributed by atoms with Crippen LogP contribution in [0.1, 0.15) is 145 Å². The van der Waals surface area contributed by atoms with Gasteiger partial charge in [0.2, 0.25) is 12.6 Å². The fraction of sp³-hybridized carbons (Fsp3) is 0.500. The minimum absolute atomic E-state index is 0.00112. The van der Waals surface area contributed by atoms with Gasteiger partial charge in [-0.2, -0.15) is 0 Å². The van der Waals surface area contributed by atoms with E-state index < -0.39 is 142 Å². The van der Waals surface area contributed by atoms with Gasteiger partial charge in [0, 0.05) is 64.0 Å². The number of rotatable bonds is 36. The third kappa shape index (κ3) is 20.9. The van der Waals surface area contributed by atoms with E-state index in [4.69, 9.17) is 62.7 Å². The van der Waals surface area contributed by atoms with Gasteiger partial charge < -0.3 is 122 Å². The summed E-state index contributed by atoms with van der Waals surface area (Å²) in [6.07, 6.45) is -16.4. The molecule has 0 radical (unpaired) electrons. The summed E-state index contributed by atoms with van der Waals surface area (Å²) in [5, 5.41) is 87.6. The maximum Gasteiger partial charge on any atom is 0.416 e. The number of aliphatic hydroxyl groups is 8. The molecule has 4 saturated heterocycles. The minimum atomic E-state index is -4.26. The number of hydrogen-bond donors (Lipinski definition) is 11. The molecule has 0 spiro atoms. The van der Waals surface area contributed by atoms with Crippen molar-refractivity contribution in [3.05, 3.63) is 159 Å². The Morgan fingerprint density at radius 3 is 1.83 bits per heavy atom. The Balaban J connectivity index is 0.860. The molecular formula is C80H99N4O30P. The van der Waals surface area contributed by atoms with Gasteiger partial charge in [-0.05, 0) is 153 Å². The van der Waals surface area contributed by atoms with E-state index in [1.807, 2.05) is 0 Å². The number of carbonyl (C=O) groups excluding carboxylic acids is 6. The van der Waals surface area contributed by atoms with E-state index in [0.29, 0.717) is 52.8 Å². The molecule has 3 amide bonds. The number of hydrogen-bond acceptors (Lipinski definition) is 29. The molecule has 6 aliphatic heterocycles. The third-order valence-corrected chi connectivity index (χ3v) is 21.6. The second-order valence-electron chi connectivity index (χ2n) is 29.3. The Labute approximate surface area is 662 Å².